The van der Waals surface area contributed by atoms with Crippen molar-refractivity contribution in [3.05, 3.63) is 28.3 Å². The fourth-order valence-corrected chi connectivity index (χ4v) is 2.41. The Balaban J connectivity index is 2.13. The van der Waals surface area contributed by atoms with E-state index >= 15 is 0 Å². The van der Waals surface area contributed by atoms with Gasteiger partial charge < -0.3 is 15.3 Å². The molecule has 104 valence electrons. The summed E-state index contributed by atoms with van der Waals surface area (Å²) in [5.41, 5.74) is 1.63. The van der Waals surface area contributed by atoms with Crippen molar-refractivity contribution >= 4 is 17.1 Å². The lowest BCUT2D eigenvalue weighted by Gasteiger charge is -2.35. The van der Waals surface area contributed by atoms with E-state index in [0.29, 0.717) is 5.92 Å². The highest BCUT2D eigenvalue weighted by Crippen LogP contribution is 2.31. The van der Waals surface area contributed by atoms with Gasteiger partial charge in [0.2, 0.25) is 0 Å². The van der Waals surface area contributed by atoms with Crippen LogP contribution in [0.2, 0.25) is 0 Å². The molecule has 6 heteroatoms. The lowest BCUT2D eigenvalue weighted by molar-refractivity contribution is -0.384. The number of nitro benzene ring substituents is 1. The molecule has 0 spiro atoms. The number of nitrogens with zero attached hydrogens (tertiary/aromatic N) is 2. The fraction of sp³-hybridized carbons (Fsp3) is 0.538. The summed E-state index contributed by atoms with van der Waals surface area (Å²) in [6.45, 7) is 0.807. The first-order valence-electron chi connectivity index (χ1n) is 6.36. The summed E-state index contributed by atoms with van der Waals surface area (Å²) in [5.74, 6) is 0.470. The molecular weight excluding hydrogens is 246 g/mol. The van der Waals surface area contributed by atoms with Gasteiger partial charge in [-0.1, -0.05) is 0 Å². The lowest BCUT2D eigenvalue weighted by Crippen LogP contribution is -2.37. The molecule has 0 saturated heterocycles. The van der Waals surface area contributed by atoms with Crippen LogP contribution in [-0.4, -0.2) is 36.8 Å². The third-order valence-electron chi connectivity index (χ3n) is 3.59. The predicted octanol–water partition coefficient (Wildman–Crippen LogP) is 1.84. The number of hydrogen-bond donors (Lipinski definition) is 2. The van der Waals surface area contributed by atoms with E-state index in [4.69, 9.17) is 0 Å². The maximum atomic E-state index is 10.9. The average molecular weight is 265 g/mol. The first-order valence-corrected chi connectivity index (χ1v) is 6.36. The van der Waals surface area contributed by atoms with E-state index in [0.717, 1.165) is 30.8 Å². The Hall–Kier alpha value is -1.82. The second kappa shape index (κ2) is 5.44. The molecule has 0 heterocycles. The van der Waals surface area contributed by atoms with Crippen LogP contribution in [0.3, 0.4) is 0 Å². The third-order valence-corrected chi connectivity index (χ3v) is 3.59. The van der Waals surface area contributed by atoms with E-state index in [-0.39, 0.29) is 16.7 Å². The van der Waals surface area contributed by atoms with Gasteiger partial charge in [-0.2, -0.15) is 0 Å². The maximum Gasteiger partial charge on any atom is 0.273 e. The summed E-state index contributed by atoms with van der Waals surface area (Å²) in [5, 5.41) is 23.1. The van der Waals surface area contributed by atoms with Crippen molar-refractivity contribution in [3.8, 4) is 0 Å². The average Bonchev–Trinajstić information content (AvgIpc) is 2.36. The molecule has 1 fully saturated rings. The van der Waals surface area contributed by atoms with Gasteiger partial charge in [0.1, 0.15) is 0 Å². The Labute approximate surface area is 112 Å². The molecule has 0 unspecified atom stereocenters. The number of aliphatic hydroxyl groups is 1. The Bertz CT molecular complexity index is 472. The molecule has 0 atom stereocenters. The van der Waals surface area contributed by atoms with Crippen LogP contribution in [0.15, 0.2) is 18.2 Å². The number of rotatable bonds is 5. The molecule has 0 bridgehead atoms. The summed E-state index contributed by atoms with van der Waals surface area (Å²) < 4.78 is 0. The molecule has 2 N–H and O–H groups in total. The van der Waals surface area contributed by atoms with Crippen LogP contribution in [0.25, 0.3) is 0 Å². The molecular formula is C13H19N3O3. The predicted molar refractivity (Wildman–Crippen MR) is 74.6 cm³/mol. The van der Waals surface area contributed by atoms with E-state index in [1.54, 1.807) is 13.1 Å². The van der Waals surface area contributed by atoms with E-state index in [2.05, 4.69) is 5.32 Å². The lowest BCUT2D eigenvalue weighted by atomic mass is 9.82. The molecule has 0 aliphatic heterocycles. The minimum absolute atomic E-state index is 0.0855. The van der Waals surface area contributed by atoms with Gasteiger partial charge in [0, 0.05) is 44.1 Å². The Kier molecular flexibility index (Phi) is 3.90. The van der Waals surface area contributed by atoms with Crippen LogP contribution >= 0.6 is 0 Å². The van der Waals surface area contributed by atoms with Gasteiger partial charge >= 0.3 is 0 Å². The van der Waals surface area contributed by atoms with Crippen molar-refractivity contribution in [3.63, 3.8) is 0 Å². The zero-order chi connectivity index (χ0) is 14.0. The number of non-ortho nitro benzene ring substituents is 1. The summed E-state index contributed by atoms with van der Waals surface area (Å²) in [7, 11) is 3.66. The Morgan fingerprint density at radius 2 is 2.16 bits per heavy atom. The second-order valence-electron chi connectivity index (χ2n) is 5.12. The van der Waals surface area contributed by atoms with Gasteiger partial charge in [-0.25, -0.2) is 0 Å². The number of hydrogen-bond acceptors (Lipinski definition) is 5. The quantitative estimate of drug-likeness (QED) is 0.627. The van der Waals surface area contributed by atoms with Gasteiger partial charge in [-0.15, -0.1) is 0 Å². The third kappa shape index (κ3) is 3.14. The van der Waals surface area contributed by atoms with Gasteiger partial charge in [0.25, 0.3) is 5.69 Å². The Morgan fingerprint density at radius 3 is 2.68 bits per heavy atom. The van der Waals surface area contributed by atoms with Crippen LogP contribution < -0.4 is 10.2 Å². The van der Waals surface area contributed by atoms with Crippen molar-refractivity contribution in [2.75, 3.05) is 30.9 Å². The van der Waals surface area contributed by atoms with E-state index in [1.165, 1.54) is 6.07 Å². The standard InChI is InChI=1S/C13H19N3O3/c1-14-10-5-11(7-12(6-10)16(18)19)15(2)8-9-3-13(17)4-9/h5-7,9,13-14,17H,3-4,8H2,1-2H3. The number of benzene rings is 1. The largest absolute Gasteiger partial charge is 0.393 e. The van der Waals surface area contributed by atoms with Gasteiger partial charge in [0.05, 0.1) is 11.0 Å². The molecule has 1 saturated carbocycles. The molecule has 0 radical (unpaired) electrons. The SMILES string of the molecule is CNc1cc(N(C)CC2CC(O)C2)cc([N+](=O)[O-])c1. The van der Waals surface area contributed by atoms with Gasteiger partial charge in [-0.3, -0.25) is 10.1 Å². The molecule has 19 heavy (non-hydrogen) atoms. The highest BCUT2D eigenvalue weighted by atomic mass is 16.6. The minimum atomic E-state index is -0.384. The van der Waals surface area contributed by atoms with Crippen molar-refractivity contribution in [2.24, 2.45) is 5.92 Å². The molecule has 0 aromatic heterocycles. The van der Waals surface area contributed by atoms with Crippen molar-refractivity contribution in [1.29, 1.82) is 0 Å². The van der Waals surface area contributed by atoms with Crippen molar-refractivity contribution in [1.82, 2.24) is 0 Å². The Morgan fingerprint density at radius 1 is 1.47 bits per heavy atom. The second-order valence-corrected chi connectivity index (χ2v) is 5.12. The number of aliphatic hydroxyl groups excluding tert-OH is 1. The van der Waals surface area contributed by atoms with Gasteiger partial charge in [0.15, 0.2) is 0 Å². The summed E-state index contributed by atoms with van der Waals surface area (Å²) in [4.78, 5) is 12.5. The van der Waals surface area contributed by atoms with E-state index in [9.17, 15) is 15.2 Å². The smallest absolute Gasteiger partial charge is 0.273 e. The first-order chi connectivity index (χ1) is 8.99. The van der Waals surface area contributed by atoms with E-state index < -0.39 is 0 Å². The number of nitro groups is 1. The number of nitrogens with one attached hydrogen (secondary N) is 1. The number of anilines is 2. The van der Waals surface area contributed by atoms with Crippen LogP contribution in [0.1, 0.15) is 12.8 Å². The molecule has 6 nitrogen and oxygen atoms in total. The summed E-state index contributed by atoms with van der Waals surface area (Å²) >= 11 is 0. The first kappa shape index (κ1) is 13.6. The summed E-state index contributed by atoms with van der Waals surface area (Å²) in [6.07, 6.45) is 1.47. The van der Waals surface area contributed by atoms with E-state index in [1.807, 2.05) is 18.0 Å². The zero-order valence-electron chi connectivity index (χ0n) is 11.2. The molecule has 0 amide bonds. The minimum Gasteiger partial charge on any atom is -0.393 e. The van der Waals surface area contributed by atoms with Gasteiger partial charge in [-0.05, 0) is 24.8 Å². The molecule has 2 rings (SSSR count). The molecule has 1 aliphatic carbocycles. The summed E-state index contributed by atoms with van der Waals surface area (Å²) in [6, 6.07) is 4.99. The topological polar surface area (TPSA) is 78.6 Å². The van der Waals surface area contributed by atoms with Crippen molar-refractivity contribution in [2.45, 2.75) is 18.9 Å². The van der Waals surface area contributed by atoms with Crippen LogP contribution in [0.4, 0.5) is 17.1 Å². The zero-order valence-corrected chi connectivity index (χ0v) is 11.2. The molecule has 1 aliphatic rings. The monoisotopic (exact) mass is 265 g/mol. The fourth-order valence-electron chi connectivity index (χ4n) is 2.41. The highest BCUT2D eigenvalue weighted by molar-refractivity contribution is 5.64. The molecule has 1 aromatic rings. The van der Waals surface area contributed by atoms with Crippen LogP contribution in [0.5, 0.6) is 0 Å². The van der Waals surface area contributed by atoms with Crippen LogP contribution in [0, 0.1) is 16.0 Å². The van der Waals surface area contributed by atoms with Crippen molar-refractivity contribution < 1.29 is 10.0 Å². The normalized spacial score (nSPS) is 21.6. The molecule has 1 aromatic carbocycles. The maximum absolute atomic E-state index is 10.9. The highest BCUT2D eigenvalue weighted by Gasteiger charge is 2.28. The van der Waals surface area contributed by atoms with Crippen LogP contribution in [-0.2, 0) is 0 Å².